The molecule has 2 bridgehead atoms. The molecule has 8 nitrogen and oxygen atoms in total. The number of nitrogens with two attached hydrogens (primary N) is 1. The average molecular weight is 335 g/mol. The second-order valence-corrected chi connectivity index (χ2v) is 7.12. The van der Waals surface area contributed by atoms with E-state index in [-0.39, 0.29) is 23.8 Å². The van der Waals surface area contributed by atoms with Gasteiger partial charge in [-0.3, -0.25) is 4.79 Å². The van der Waals surface area contributed by atoms with E-state index in [1.165, 1.54) is 12.6 Å². The summed E-state index contributed by atoms with van der Waals surface area (Å²) in [6, 6.07) is 0.506. The van der Waals surface area contributed by atoms with Gasteiger partial charge in [0.2, 0.25) is 11.7 Å². The monoisotopic (exact) mass is 335 g/mol. The fourth-order valence-corrected chi connectivity index (χ4v) is 4.31. The molecule has 0 aromatic carbocycles. The third kappa shape index (κ3) is 3.58. The fourth-order valence-electron chi connectivity index (χ4n) is 4.31. The Morgan fingerprint density at radius 2 is 2.12 bits per heavy atom. The number of nitro groups is 1. The minimum atomic E-state index is -0.518. The molecule has 1 aromatic rings. The topological polar surface area (TPSA) is 116 Å². The summed E-state index contributed by atoms with van der Waals surface area (Å²) in [6.45, 7) is 2.11. The van der Waals surface area contributed by atoms with E-state index in [4.69, 9.17) is 5.73 Å². The Hall–Kier alpha value is -1.96. The van der Waals surface area contributed by atoms with Crippen molar-refractivity contribution in [2.24, 2.45) is 17.6 Å². The molecule has 2 aliphatic carbocycles. The van der Waals surface area contributed by atoms with Gasteiger partial charge in [-0.15, -0.1) is 0 Å². The van der Waals surface area contributed by atoms with E-state index in [1.54, 1.807) is 11.5 Å². The molecule has 2 fully saturated rings. The Labute approximate surface area is 141 Å². The molecule has 0 radical (unpaired) electrons. The predicted octanol–water partition coefficient (Wildman–Crippen LogP) is 1.51. The molecular weight excluding hydrogens is 310 g/mol. The molecule has 0 saturated heterocycles. The van der Waals surface area contributed by atoms with Crippen LogP contribution in [0.15, 0.2) is 6.20 Å². The van der Waals surface area contributed by atoms with Crippen LogP contribution in [-0.4, -0.2) is 32.5 Å². The summed E-state index contributed by atoms with van der Waals surface area (Å²) in [5, 5.41) is 13.9. The summed E-state index contributed by atoms with van der Waals surface area (Å²) in [4.78, 5) is 26.4. The molecule has 1 heterocycles. The minimum Gasteiger partial charge on any atom is -0.358 e. The Balaban J connectivity index is 1.55. The molecule has 1 amide bonds. The Bertz CT molecular complexity index is 615. The zero-order valence-electron chi connectivity index (χ0n) is 14.0. The van der Waals surface area contributed by atoms with E-state index in [0.29, 0.717) is 30.6 Å². The first-order chi connectivity index (χ1) is 11.4. The van der Waals surface area contributed by atoms with Gasteiger partial charge >= 0.3 is 5.82 Å². The van der Waals surface area contributed by atoms with Gasteiger partial charge in [0.05, 0.1) is 0 Å². The highest BCUT2D eigenvalue weighted by atomic mass is 16.6. The number of aryl methyl sites for hydroxylation is 2. The maximum absolute atomic E-state index is 12.3. The lowest BCUT2D eigenvalue weighted by Crippen LogP contribution is -2.53. The van der Waals surface area contributed by atoms with Crippen molar-refractivity contribution in [3.8, 4) is 0 Å². The molecule has 24 heavy (non-hydrogen) atoms. The summed E-state index contributed by atoms with van der Waals surface area (Å²) in [6.07, 6.45) is 7.19. The fraction of sp³-hybridized carbons (Fsp3) is 0.750. The summed E-state index contributed by atoms with van der Waals surface area (Å²) in [5.74, 6) is 1.36. The van der Waals surface area contributed by atoms with Crippen molar-refractivity contribution in [1.82, 2.24) is 14.9 Å². The molecule has 8 heteroatoms. The van der Waals surface area contributed by atoms with Crippen LogP contribution in [0, 0.1) is 28.9 Å². The standard InChI is InChI=1S/C16H25N5O3/c1-10-18-14(21(23)24)9-20(10)6-5-15(22)19-16-11-3-2-4-12(16)8-13(17)7-11/h9,11-13,16H,2-8,17H2,1H3,(H,19,22). The summed E-state index contributed by atoms with van der Waals surface area (Å²) in [7, 11) is 0. The largest absolute Gasteiger partial charge is 0.381 e. The van der Waals surface area contributed by atoms with E-state index < -0.39 is 4.92 Å². The Morgan fingerprint density at radius 3 is 2.71 bits per heavy atom. The van der Waals surface area contributed by atoms with Crippen LogP contribution < -0.4 is 11.1 Å². The van der Waals surface area contributed by atoms with Gasteiger partial charge in [-0.2, -0.15) is 0 Å². The molecule has 3 rings (SSSR count). The van der Waals surface area contributed by atoms with Gasteiger partial charge in [0, 0.05) is 32.0 Å². The van der Waals surface area contributed by atoms with Crippen LogP contribution in [0.3, 0.4) is 0 Å². The maximum Gasteiger partial charge on any atom is 0.381 e. The van der Waals surface area contributed by atoms with E-state index in [1.807, 2.05) is 0 Å². The van der Waals surface area contributed by atoms with Crippen molar-refractivity contribution < 1.29 is 9.72 Å². The molecule has 3 N–H and O–H groups in total. The number of rotatable bonds is 5. The van der Waals surface area contributed by atoms with Crippen LogP contribution in [0.4, 0.5) is 5.82 Å². The molecule has 1 aromatic heterocycles. The van der Waals surface area contributed by atoms with Crippen LogP contribution in [0.25, 0.3) is 0 Å². The van der Waals surface area contributed by atoms with Gasteiger partial charge in [0.15, 0.2) is 0 Å². The van der Waals surface area contributed by atoms with Crippen LogP contribution >= 0.6 is 0 Å². The van der Waals surface area contributed by atoms with E-state index in [2.05, 4.69) is 10.3 Å². The number of imidazole rings is 1. The molecule has 2 saturated carbocycles. The molecule has 0 spiro atoms. The number of nitrogens with one attached hydrogen (secondary N) is 1. The number of amides is 1. The van der Waals surface area contributed by atoms with E-state index in [0.717, 1.165) is 25.7 Å². The van der Waals surface area contributed by atoms with Crippen molar-refractivity contribution >= 4 is 11.7 Å². The van der Waals surface area contributed by atoms with E-state index >= 15 is 0 Å². The second-order valence-electron chi connectivity index (χ2n) is 7.12. The number of fused-ring (bicyclic) bond motifs is 2. The van der Waals surface area contributed by atoms with Crippen molar-refractivity contribution in [2.75, 3.05) is 0 Å². The summed E-state index contributed by atoms with van der Waals surface area (Å²) < 4.78 is 1.66. The number of carbonyl (C=O) groups excluding carboxylic acids is 1. The average Bonchev–Trinajstić information content (AvgIpc) is 2.87. The summed E-state index contributed by atoms with van der Waals surface area (Å²) >= 11 is 0. The zero-order chi connectivity index (χ0) is 17.3. The minimum absolute atomic E-state index is 0.00289. The Morgan fingerprint density at radius 1 is 1.46 bits per heavy atom. The quantitative estimate of drug-likeness (QED) is 0.625. The van der Waals surface area contributed by atoms with Gasteiger partial charge in [0.25, 0.3) is 0 Å². The van der Waals surface area contributed by atoms with Crippen LogP contribution in [0.1, 0.15) is 44.3 Å². The van der Waals surface area contributed by atoms with Crippen LogP contribution in [-0.2, 0) is 11.3 Å². The highest BCUT2D eigenvalue weighted by Gasteiger charge is 2.39. The van der Waals surface area contributed by atoms with E-state index in [9.17, 15) is 14.9 Å². The lowest BCUT2D eigenvalue weighted by atomic mass is 9.67. The molecule has 2 atom stereocenters. The summed E-state index contributed by atoms with van der Waals surface area (Å²) in [5.41, 5.74) is 6.12. The first-order valence-electron chi connectivity index (χ1n) is 8.67. The number of hydrogen-bond donors (Lipinski definition) is 2. The number of carbonyl (C=O) groups is 1. The van der Waals surface area contributed by atoms with Crippen molar-refractivity contribution in [3.05, 3.63) is 22.1 Å². The number of hydrogen-bond acceptors (Lipinski definition) is 5. The normalized spacial score (nSPS) is 29.2. The van der Waals surface area contributed by atoms with Crippen LogP contribution in [0.2, 0.25) is 0 Å². The number of nitrogens with zero attached hydrogens (tertiary/aromatic N) is 3. The second kappa shape index (κ2) is 6.88. The highest BCUT2D eigenvalue weighted by Crippen LogP contribution is 2.39. The molecule has 0 aliphatic heterocycles. The smallest absolute Gasteiger partial charge is 0.358 e. The van der Waals surface area contributed by atoms with Crippen molar-refractivity contribution in [1.29, 1.82) is 0 Å². The SMILES string of the molecule is Cc1nc([N+](=O)[O-])cn1CCC(=O)NC1C2CCCC1CC(N)C2. The van der Waals surface area contributed by atoms with Crippen molar-refractivity contribution in [2.45, 2.75) is 64.1 Å². The molecule has 2 unspecified atom stereocenters. The van der Waals surface area contributed by atoms with Gasteiger partial charge < -0.3 is 25.7 Å². The predicted molar refractivity (Wildman–Crippen MR) is 88.2 cm³/mol. The van der Waals surface area contributed by atoms with Gasteiger partial charge in [0.1, 0.15) is 6.20 Å². The highest BCUT2D eigenvalue weighted by molar-refractivity contribution is 5.76. The lowest BCUT2D eigenvalue weighted by molar-refractivity contribution is -0.389. The van der Waals surface area contributed by atoms with Gasteiger partial charge in [-0.05, 0) is 47.4 Å². The maximum atomic E-state index is 12.3. The Kier molecular flexibility index (Phi) is 4.84. The molecule has 132 valence electrons. The molecular formula is C16H25N5O3. The van der Waals surface area contributed by atoms with Gasteiger partial charge in [-0.1, -0.05) is 6.42 Å². The molecule has 2 aliphatic rings. The first-order valence-corrected chi connectivity index (χ1v) is 8.67. The third-order valence-electron chi connectivity index (χ3n) is 5.43. The van der Waals surface area contributed by atoms with Crippen molar-refractivity contribution in [3.63, 3.8) is 0 Å². The first kappa shape index (κ1) is 16.9. The number of aromatic nitrogens is 2. The lowest BCUT2D eigenvalue weighted by Gasteiger charge is -2.45. The van der Waals surface area contributed by atoms with Gasteiger partial charge in [-0.25, -0.2) is 0 Å². The third-order valence-corrected chi connectivity index (χ3v) is 5.43. The zero-order valence-corrected chi connectivity index (χ0v) is 14.0. The van der Waals surface area contributed by atoms with Crippen LogP contribution in [0.5, 0.6) is 0 Å².